The molecule has 0 aliphatic carbocycles. The van der Waals surface area contributed by atoms with Gasteiger partial charge in [-0.1, -0.05) is 161 Å². The minimum absolute atomic E-state index is 0.112. The molecule has 9 nitrogen and oxygen atoms in total. The van der Waals surface area contributed by atoms with E-state index < -0.39 is 43.4 Å². The van der Waals surface area contributed by atoms with E-state index in [9.17, 15) is 25.2 Å². The maximum Gasteiger partial charge on any atom is 0.306 e. The van der Waals surface area contributed by atoms with Gasteiger partial charge in [0.25, 0.3) is 0 Å². The second kappa shape index (κ2) is 35.6. The fourth-order valence-electron chi connectivity index (χ4n) is 6.72. The van der Waals surface area contributed by atoms with Gasteiger partial charge in [-0.25, -0.2) is 0 Å². The van der Waals surface area contributed by atoms with E-state index in [1.807, 2.05) is 0 Å². The molecule has 52 heavy (non-hydrogen) atoms. The van der Waals surface area contributed by atoms with Gasteiger partial charge in [0.05, 0.1) is 19.8 Å². The molecule has 0 aromatic carbocycles. The summed E-state index contributed by atoms with van der Waals surface area (Å²) in [5, 5.41) is 40.0. The number of esters is 1. The van der Waals surface area contributed by atoms with Gasteiger partial charge in [0.2, 0.25) is 0 Å². The zero-order chi connectivity index (χ0) is 37.9. The summed E-state index contributed by atoms with van der Waals surface area (Å²) in [5.74, 6) is -0.321. The maximum absolute atomic E-state index is 12.7. The van der Waals surface area contributed by atoms with Crippen LogP contribution in [0.25, 0.3) is 0 Å². The first kappa shape index (κ1) is 48.9. The highest BCUT2D eigenvalue weighted by Gasteiger charge is 2.44. The third-order valence-corrected chi connectivity index (χ3v) is 10.2. The van der Waals surface area contributed by atoms with Crippen molar-refractivity contribution in [2.24, 2.45) is 0 Å². The van der Waals surface area contributed by atoms with Gasteiger partial charge in [0.1, 0.15) is 30.5 Å². The molecule has 0 bridgehead atoms. The number of aliphatic hydroxyl groups excluding tert-OH is 4. The Hall–Kier alpha value is -1.07. The lowest BCUT2D eigenvalue weighted by Crippen LogP contribution is -2.59. The molecule has 1 rings (SSSR count). The van der Waals surface area contributed by atoms with Crippen LogP contribution in [0, 0.1) is 0 Å². The zero-order valence-corrected chi connectivity index (χ0v) is 33.6. The van der Waals surface area contributed by atoms with Crippen LogP contribution >= 0.6 is 0 Å². The van der Waals surface area contributed by atoms with Crippen molar-refractivity contribution in [1.29, 1.82) is 0 Å². The first-order valence-corrected chi connectivity index (χ1v) is 21.8. The van der Waals surface area contributed by atoms with Gasteiger partial charge in [0, 0.05) is 13.0 Å². The van der Waals surface area contributed by atoms with Crippen LogP contribution in [0.2, 0.25) is 0 Å². The Labute approximate surface area is 318 Å². The highest BCUT2D eigenvalue weighted by Crippen LogP contribution is 2.22. The van der Waals surface area contributed by atoms with E-state index in [1.165, 1.54) is 128 Å². The Balaban J connectivity index is 2.26. The largest absolute Gasteiger partial charge is 0.457 e. The molecule has 0 spiro atoms. The first-order valence-electron chi connectivity index (χ1n) is 21.8. The molecule has 1 aliphatic heterocycles. The molecule has 308 valence electrons. The van der Waals surface area contributed by atoms with E-state index >= 15 is 0 Å². The number of hydrogen-bond donors (Lipinski definition) is 4. The van der Waals surface area contributed by atoms with Crippen molar-refractivity contribution in [3.05, 3.63) is 12.2 Å². The number of unbranched alkanes of at least 4 members (excludes halogenated alkanes) is 24. The van der Waals surface area contributed by atoms with E-state index in [4.69, 9.17) is 18.9 Å². The molecule has 1 aliphatic rings. The number of carbonyl (C=O) groups is 1. The van der Waals surface area contributed by atoms with Crippen LogP contribution in [0.3, 0.4) is 0 Å². The first-order chi connectivity index (χ1) is 25.4. The highest BCUT2D eigenvalue weighted by atomic mass is 16.7. The lowest BCUT2D eigenvalue weighted by molar-refractivity contribution is -0.305. The van der Waals surface area contributed by atoms with Crippen molar-refractivity contribution in [3.8, 4) is 0 Å². The molecule has 6 atom stereocenters. The van der Waals surface area contributed by atoms with E-state index in [0.717, 1.165) is 44.9 Å². The Morgan fingerprint density at radius 3 is 1.60 bits per heavy atom. The SMILES string of the molecule is CCCCC/C=C\CCCCCCCC(=O)OC(COCCCCCCCCCCCCCCCCCCC)COC1OC(CO)C(O)C(O)C1O. The van der Waals surface area contributed by atoms with Crippen molar-refractivity contribution in [1.82, 2.24) is 0 Å². The van der Waals surface area contributed by atoms with E-state index in [-0.39, 0.29) is 19.2 Å². The molecule has 0 radical (unpaired) electrons. The third-order valence-electron chi connectivity index (χ3n) is 10.2. The molecule has 9 heteroatoms. The number of ether oxygens (including phenoxy) is 4. The molecule has 1 fully saturated rings. The van der Waals surface area contributed by atoms with Crippen molar-refractivity contribution in [2.45, 2.75) is 230 Å². The van der Waals surface area contributed by atoms with Gasteiger partial charge in [-0.2, -0.15) is 0 Å². The summed E-state index contributed by atoms with van der Waals surface area (Å²) in [6.07, 6.45) is 30.9. The molecular weight excluding hydrogens is 660 g/mol. The topological polar surface area (TPSA) is 135 Å². The van der Waals surface area contributed by atoms with Gasteiger partial charge >= 0.3 is 5.97 Å². The van der Waals surface area contributed by atoms with E-state index in [2.05, 4.69) is 26.0 Å². The third kappa shape index (κ3) is 26.7. The van der Waals surface area contributed by atoms with Crippen LogP contribution in [-0.2, 0) is 23.7 Å². The number of rotatable bonds is 37. The van der Waals surface area contributed by atoms with Crippen LogP contribution < -0.4 is 0 Å². The smallest absolute Gasteiger partial charge is 0.306 e. The molecule has 0 saturated carbocycles. The lowest BCUT2D eigenvalue weighted by atomic mass is 9.99. The molecule has 0 aromatic heterocycles. The lowest BCUT2D eigenvalue weighted by Gasteiger charge is -2.39. The quantitative estimate of drug-likeness (QED) is 0.0279. The van der Waals surface area contributed by atoms with Gasteiger partial charge < -0.3 is 39.4 Å². The predicted molar refractivity (Wildman–Crippen MR) is 210 cm³/mol. The molecule has 6 unspecified atom stereocenters. The van der Waals surface area contributed by atoms with Gasteiger partial charge in [-0.15, -0.1) is 0 Å². The Kier molecular flexibility index (Phi) is 33.5. The normalized spacial score (nSPS) is 21.2. The van der Waals surface area contributed by atoms with Gasteiger partial charge in [0.15, 0.2) is 6.29 Å². The van der Waals surface area contributed by atoms with Crippen molar-refractivity contribution in [2.75, 3.05) is 26.4 Å². The van der Waals surface area contributed by atoms with Crippen molar-refractivity contribution >= 4 is 5.97 Å². The van der Waals surface area contributed by atoms with Crippen LogP contribution in [0.1, 0.15) is 194 Å². The molecular formula is C43H82O9. The highest BCUT2D eigenvalue weighted by molar-refractivity contribution is 5.69. The summed E-state index contributed by atoms with van der Waals surface area (Å²) in [6.45, 7) is 4.55. The standard InChI is InChI=1S/C43H82O9/c1-3-5-7-9-11-13-15-17-18-19-20-21-23-25-27-29-31-33-49-35-37(36-50-43-42(48)41(47)40(46)38(34-44)52-43)51-39(45)32-30-28-26-24-22-16-14-12-10-8-6-4-2/h12,14,37-38,40-44,46-48H,3-11,13,15-36H2,1-2H3/b14-12-. The Bertz CT molecular complexity index is 807. The molecule has 4 N–H and O–H groups in total. The fourth-order valence-corrected chi connectivity index (χ4v) is 6.72. The summed E-state index contributed by atoms with van der Waals surface area (Å²) in [4.78, 5) is 12.7. The second-order valence-electron chi connectivity index (χ2n) is 15.1. The zero-order valence-electron chi connectivity index (χ0n) is 33.6. The maximum atomic E-state index is 12.7. The number of allylic oxidation sites excluding steroid dienone is 2. The second-order valence-corrected chi connectivity index (χ2v) is 15.1. The summed E-state index contributed by atoms with van der Waals surface area (Å²) < 4.78 is 22.8. The van der Waals surface area contributed by atoms with Crippen molar-refractivity contribution in [3.63, 3.8) is 0 Å². The van der Waals surface area contributed by atoms with Crippen LogP contribution in [0.5, 0.6) is 0 Å². The summed E-state index contributed by atoms with van der Waals surface area (Å²) in [5.41, 5.74) is 0. The monoisotopic (exact) mass is 743 g/mol. The molecule has 0 aromatic rings. The average Bonchev–Trinajstić information content (AvgIpc) is 3.14. The molecule has 1 saturated heterocycles. The average molecular weight is 743 g/mol. The summed E-state index contributed by atoms with van der Waals surface area (Å²) in [6, 6.07) is 0. The minimum atomic E-state index is -1.53. The summed E-state index contributed by atoms with van der Waals surface area (Å²) >= 11 is 0. The number of hydrogen-bond acceptors (Lipinski definition) is 9. The Morgan fingerprint density at radius 2 is 1.06 bits per heavy atom. The van der Waals surface area contributed by atoms with Crippen molar-refractivity contribution < 1.29 is 44.2 Å². The van der Waals surface area contributed by atoms with Crippen LogP contribution in [0.4, 0.5) is 0 Å². The van der Waals surface area contributed by atoms with Gasteiger partial charge in [-0.3, -0.25) is 4.79 Å². The molecule has 0 amide bonds. The van der Waals surface area contributed by atoms with E-state index in [0.29, 0.717) is 13.0 Å². The predicted octanol–water partition coefficient (Wildman–Crippen LogP) is 9.25. The molecule has 1 heterocycles. The number of aliphatic hydroxyl groups is 4. The van der Waals surface area contributed by atoms with Crippen LogP contribution in [-0.4, -0.2) is 89.6 Å². The minimum Gasteiger partial charge on any atom is -0.457 e. The van der Waals surface area contributed by atoms with Gasteiger partial charge in [-0.05, 0) is 38.5 Å². The fraction of sp³-hybridized carbons (Fsp3) is 0.930. The Morgan fingerprint density at radius 1 is 0.596 bits per heavy atom. The number of carbonyl (C=O) groups excluding carboxylic acids is 1. The van der Waals surface area contributed by atoms with Crippen LogP contribution in [0.15, 0.2) is 12.2 Å². The summed E-state index contributed by atoms with van der Waals surface area (Å²) in [7, 11) is 0. The van der Waals surface area contributed by atoms with E-state index in [1.54, 1.807) is 0 Å².